The van der Waals surface area contributed by atoms with Gasteiger partial charge in [0.15, 0.2) is 5.82 Å². The van der Waals surface area contributed by atoms with Crippen LogP contribution in [0.2, 0.25) is 5.02 Å². The first-order valence-corrected chi connectivity index (χ1v) is 14.7. The van der Waals surface area contributed by atoms with E-state index in [9.17, 15) is 9.90 Å². The third-order valence-corrected chi connectivity index (χ3v) is 8.49. The minimum absolute atomic E-state index is 0.0476. The van der Waals surface area contributed by atoms with Crippen molar-refractivity contribution >= 4 is 41.1 Å². The van der Waals surface area contributed by atoms with Crippen LogP contribution in [0.25, 0.3) is 0 Å². The molecule has 0 atom stereocenters. The fourth-order valence-corrected chi connectivity index (χ4v) is 5.82. The zero-order valence-corrected chi connectivity index (χ0v) is 24.8. The topological polar surface area (TPSA) is 125 Å². The number of halogens is 1. The molecule has 10 nitrogen and oxygen atoms in total. The van der Waals surface area contributed by atoms with Gasteiger partial charge in [-0.3, -0.25) is 0 Å². The number of hydrogen-bond acceptors (Lipinski definition) is 10. The van der Waals surface area contributed by atoms with Crippen molar-refractivity contribution in [1.82, 2.24) is 25.6 Å². The Morgan fingerprint density at radius 2 is 2.00 bits per heavy atom. The third-order valence-electron chi connectivity index (χ3n) is 7.03. The monoisotopic (exact) mass is 577 g/mol. The van der Waals surface area contributed by atoms with E-state index in [1.807, 2.05) is 26.8 Å². The van der Waals surface area contributed by atoms with Gasteiger partial charge < -0.3 is 30.7 Å². The second-order valence-corrected chi connectivity index (χ2v) is 13.0. The number of ether oxygens (including phenoxy) is 1. The molecule has 0 saturated carbocycles. The summed E-state index contributed by atoms with van der Waals surface area (Å²) < 4.78 is 5.37. The summed E-state index contributed by atoms with van der Waals surface area (Å²) in [6.07, 6.45) is 6.87. The largest absolute Gasteiger partial charge is 0.444 e. The highest BCUT2D eigenvalue weighted by atomic mass is 35.5. The average Bonchev–Trinajstić information content (AvgIpc) is 2.90. The fraction of sp³-hybridized carbons (Fsp3) is 0.630. The number of anilines is 2. The van der Waals surface area contributed by atoms with E-state index < -0.39 is 11.7 Å². The molecular formula is C27H40ClN7O3S. The molecule has 4 N–H and O–H groups in total. The standard InChI is InChI=1S/C27H40ClN7O3S/c1-26(2,3)38-25(37)32-17-27(4)8-13-35(14-9-27)24-19(16-36)34-21(15-31-24)39-20-7-12-30-23(22(20)28)33-18-5-10-29-11-6-18/h7,12,15,18,29,36H,5-6,8-11,13-14,16-17H2,1-4H3,(H,30,33)(H,32,37). The van der Waals surface area contributed by atoms with Crippen molar-refractivity contribution in [2.75, 3.05) is 42.9 Å². The Morgan fingerprint density at radius 1 is 1.28 bits per heavy atom. The molecule has 4 rings (SSSR count). The molecule has 0 aliphatic carbocycles. The molecule has 39 heavy (non-hydrogen) atoms. The zero-order chi connectivity index (χ0) is 28.0. The first kappa shape index (κ1) is 29.6. The maximum atomic E-state index is 12.1. The van der Waals surface area contributed by atoms with Crippen molar-refractivity contribution in [1.29, 1.82) is 0 Å². The van der Waals surface area contributed by atoms with Crippen molar-refractivity contribution < 1.29 is 14.6 Å². The molecule has 1 amide bonds. The van der Waals surface area contributed by atoms with Gasteiger partial charge in [-0.15, -0.1) is 0 Å². The van der Waals surface area contributed by atoms with Crippen molar-refractivity contribution in [3.05, 3.63) is 29.2 Å². The van der Waals surface area contributed by atoms with Crippen LogP contribution in [0.3, 0.4) is 0 Å². The van der Waals surface area contributed by atoms with Crippen LogP contribution in [0.15, 0.2) is 28.4 Å². The Bertz CT molecular complexity index is 1130. The van der Waals surface area contributed by atoms with Crippen LogP contribution >= 0.6 is 23.4 Å². The zero-order valence-electron chi connectivity index (χ0n) is 23.2. The third kappa shape index (κ3) is 8.33. The van der Waals surface area contributed by atoms with E-state index >= 15 is 0 Å². The maximum Gasteiger partial charge on any atom is 0.407 e. The second-order valence-electron chi connectivity index (χ2n) is 11.5. The number of carbonyl (C=O) groups is 1. The van der Waals surface area contributed by atoms with Gasteiger partial charge in [-0.2, -0.15) is 0 Å². The van der Waals surface area contributed by atoms with Crippen LogP contribution in [0.1, 0.15) is 59.1 Å². The number of hydrogen-bond donors (Lipinski definition) is 4. The number of nitrogens with zero attached hydrogens (tertiary/aromatic N) is 4. The minimum Gasteiger partial charge on any atom is -0.444 e. The van der Waals surface area contributed by atoms with E-state index in [1.165, 1.54) is 11.8 Å². The maximum absolute atomic E-state index is 12.1. The van der Waals surface area contributed by atoms with E-state index in [0.29, 0.717) is 40.0 Å². The number of aliphatic hydroxyl groups excluding tert-OH is 1. The van der Waals surface area contributed by atoms with Crippen molar-refractivity contribution in [3.8, 4) is 0 Å². The number of alkyl carbamates (subject to hydrolysis) is 1. The molecule has 4 heterocycles. The summed E-state index contributed by atoms with van der Waals surface area (Å²) in [4.78, 5) is 28.9. The Labute approximate surface area is 240 Å². The highest BCUT2D eigenvalue weighted by Crippen LogP contribution is 2.37. The molecule has 2 aliphatic rings. The van der Waals surface area contributed by atoms with Crippen LogP contribution in [0.4, 0.5) is 16.4 Å². The summed E-state index contributed by atoms with van der Waals surface area (Å²) in [6, 6.07) is 2.21. The number of pyridine rings is 1. The number of rotatable bonds is 8. The van der Waals surface area contributed by atoms with Crippen LogP contribution in [0.5, 0.6) is 0 Å². The number of nitrogens with one attached hydrogen (secondary N) is 3. The lowest BCUT2D eigenvalue weighted by molar-refractivity contribution is 0.0495. The smallest absolute Gasteiger partial charge is 0.407 e. The second kappa shape index (κ2) is 12.9. The van der Waals surface area contributed by atoms with Crippen molar-refractivity contribution in [2.45, 2.75) is 81.5 Å². The van der Waals surface area contributed by atoms with Gasteiger partial charge in [0, 0.05) is 36.8 Å². The molecular weight excluding hydrogens is 538 g/mol. The summed E-state index contributed by atoms with van der Waals surface area (Å²) in [6.45, 7) is 11.5. The number of carbonyl (C=O) groups excluding carboxylic acids is 1. The highest BCUT2D eigenvalue weighted by Gasteiger charge is 2.32. The molecule has 0 bridgehead atoms. The fourth-order valence-electron chi connectivity index (χ4n) is 4.73. The van der Waals surface area contributed by atoms with Gasteiger partial charge >= 0.3 is 6.09 Å². The Morgan fingerprint density at radius 3 is 2.67 bits per heavy atom. The predicted octanol–water partition coefficient (Wildman–Crippen LogP) is 4.46. The molecule has 0 spiro atoms. The molecule has 2 fully saturated rings. The molecule has 0 radical (unpaired) electrons. The SMILES string of the molecule is CC1(CNC(=O)OC(C)(C)C)CCN(c2ncc(Sc3ccnc(NC4CCNCC4)c3Cl)nc2CO)CC1. The van der Waals surface area contributed by atoms with Crippen LogP contribution in [-0.4, -0.2) is 70.5 Å². The summed E-state index contributed by atoms with van der Waals surface area (Å²) in [5.74, 6) is 1.37. The molecule has 0 unspecified atom stereocenters. The number of aromatic nitrogens is 3. The highest BCUT2D eigenvalue weighted by molar-refractivity contribution is 7.99. The first-order chi connectivity index (χ1) is 18.5. The molecule has 0 aromatic carbocycles. The summed E-state index contributed by atoms with van der Waals surface area (Å²) in [5.41, 5.74) is -0.0327. The molecule has 2 saturated heterocycles. The lowest BCUT2D eigenvalue weighted by Gasteiger charge is -2.40. The number of aliphatic hydroxyl groups is 1. The lowest BCUT2D eigenvalue weighted by Crippen LogP contribution is -2.46. The minimum atomic E-state index is -0.521. The van der Waals surface area contributed by atoms with E-state index in [2.05, 4.69) is 37.7 Å². The van der Waals surface area contributed by atoms with Crippen LogP contribution in [0, 0.1) is 5.41 Å². The summed E-state index contributed by atoms with van der Waals surface area (Å²) in [7, 11) is 0. The molecule has 2 aliphatic heterocycles. The van der Waals surface area contributed by atoms with Gasteiger partial charge in [0.05, 0.1) is 17.8 Å². The van der Waals surface area contributed by atoms with Gasteiger partial charge in [-0.1, -0.05) is 30.3 Å². The first-order valence-electron chi connectivity index (χ1n) is 13.5. The normalized spacial score (nSPS) is 18.1. The van der Waals surface area contributed by atoms with Crippen molar-refractivity contribution in [3.63, 3.8) is 0 Å². The van der Waals surface area contributed by atoms with Gasteiger partial charge in [0.1, 0.15) is 22.1 Å². The molecule has 2 aromatic heterocycles. The summed E-state index contributed by atoms with van der Waals surface area (Å²) in [5, 5.41) is 21.1. The van der Waals surface area contributed by atoms with Crippen molar-refractivity contribution in [2.24, 2.45) is 5.41 Å². The summed E-state index contributed by atoms with van der Waals surface area (Å²) >= 11 is 8.12. The van der Waals surface area contributed by atoms with Gasteiger partial charge in [-0.05, 0) is 71.0 Å². The number of piperidine rings is 2. The Kier molecular flexibility index (Phi) is 9.79. The average molecular weight is 578 g/mol. The number of amides is 1. The molecule has 12 heteroatoms. The molecule has 214 valence electrons. The van der Waals surface area contributed by atoms with E-state index in [4.69, 9.17) is 21.3 Å². The van der Waals surface area contributed by atoms with Gasteiger partial charge in [0.2, 0.25) is 0 Å². The van der Waals surface area contributed by atoms with Crippen LogP contribution < -0.4 is 20.9 Å². The van der Waals surface area contributed by atoms with Gasteiger partial charge in [-0.25, -0.2) is 19.7 Å². The van der Waals surface area contributed by atoms with Crippen LogP contribution in [-0.2, 0) is 11.3 Å². The lowest BCUT2D eigenvalue weighted by atomic mass is 9.80. The molecule has 2 aromatic rings. The predicted molar refractivity (Wildman–Crippen MR) is 155 cm³/mol. The Balaban J connectivity index is 1.37. The van der Waals surface area contributed by atoms with E-state index in [1.54, 1.807) is 12.4 Å². The quantitative estimate of drug-likeness (QED) is 0.357. The van der Waals surface area contributed by atoms with E-state index in [0.717, 1.165) is 56.8 Å². The Hall–Kier alpha value is -2.34. The van der Waals surface area contributed by atoms with E-state index in [-0.39, 0.29) is 12.0 Å². The van der Waals surface area contributed by atoms with Gasteiger partial charge in [0.25, 0.3) is 0 Å².